The topological polar surface area (TPSA) is 189 Å². The van der Waals surface area contributed by atoms with Crippen molar-refractivity contribution in [3.05, 3.63) is 69.6 Å². The summed E-state index contributed by atoms with van der Waals surface area (Å²) in [6.45, 7) is 3.73. The summed E-state index contributed by atoms with van der Waals surface area (Å²) in [6, 6.07) is 11.1. The summed E-state index contributed by atoms with van der Waals surface area (Å²) in [7, 11) is -7.15. The summed E-state index contributed by atoms with van der Waals surface area (Å²) in [5.41, 5.74) is 7.78. The Kier molecular flexibility index (Phi) is 8.22. The van der Waals surface area contributed by atoms with Crippen LogP contribution >= 0.6 is 11.3 Å². The second kappa shape index (κ2) is 11.6. The lowest BCUT2D eigenvalue weighted by molar-refractivity contribution is -0.385. The van der Waals surface area contributed by atoms with Crippen LogP contribution in [0.4, 0.5) is 11.4 Å². The van der Waals surface area contributed by atoms with Crippen LogP contribution in [-0.2, 0) is 19.9 Å². The first kappa shape index (κ1) is 30.5. The van der Waals surface area contributed by atoms with Crippen molar-refractivity contribution in [2.75, 3.05) is 25.1 Å². The molecule has 0 spiro atoms. The monoisotopic (exact) mass is 644 g/mol. The molecule has 2 aromatic carbocycles. The highest BCUT2D eigenvalue weighted by Crippen LogP contribution is 2.43. The van der Waals surface area contributed by atoms with Crippen LogP contribution in [-0.4, -0.2) is 66.5 Å². The Morgan fingerprint density at radius 1 is 1.05 bits per heavy atom. The summed E-state index contributed by atoms with van der Waals surface area (Å²) in [6.07, 6.45) is 2.30. The van der Waals surface area contributed by atoms with Gasteiger partial charge in [-0.1, -0.05) is 24.3 Å². The van der Waals surface area contributed by atoms with E-state index in [2.05, 4.69) is 15.0 Å². The first-order valence-corrected chi connectivity index (χ1v) is 17.2. The summed E-state index contributed by atoms with van der Waals surface area (Å²) in [5.74, 6) is -0.258. The maximum absolute atomic E-state index is 13.2. The third-order valence-electron chi connectivity index (χ3n) is 7.01. The predicted octanol–water partition coefficient (Wildman–Crippen LogP) is 4.01. The molecule has 13 nitrogen and oxygen atoms in total. The van der Waals surface area contributed by atoms with Gasteiger partial charge in [0.05, 0.1) is 20.5 Å². The average molecular weight is 645 g/mol. The van der Waals surface area contributed by atoms with Crippen LogP contribution in [0.3, 0.4) is 0 Å². The third kappa shape index (κ3) is 6.08. The lowest BCUT2D eigenvalue weighted by atomic mass is 9.95. The first-order chi connectivity index (χ1) is 20.3. The van der Waals surface area contributed by atoms with E-state index in [1.807, 2.05) is 0 Å². The fourth-order valence-electron chi connectivity index (χ4n) is 4.97. The van der Waals surface area contributed by atoms with Crippen LogP contribution in [0.1, 0.15) is 23.5 Å². The molecule has 1 fully saturated rings. The number of nitrogens with zero attached hydrogens (tertiary/aromatic N) is 5. The molecule has 0 aliphatic carbocycles. The van der Waals surface area contributed by atoms with Crippen molar-refractivity contribution in [2.45, 2.75) is 41.9 Å². The Balaban J connectivity index is 1.44. The maximum atomic E-state index is 13.2. The second-order valence-corrected chi connectivity index (χ2v) is 15.4. The largest absolute Gasteiger partial charge is 0.469 e. The molecule has 0 radical (unpaired) electrons. The van der Waals surface area contributed by atoms with Gasteiger partial charge < -0.3 is 10.5 Å². The highest BCUT2D eigenvalue weighted by molar-refractivity contribution is 7.91. The summed E-state index contributed by atoms with van der Waals surface area (Å²) in [5, 5.41) is 13.1. The summed E-state index contributed by atoms with van der Waals surface area (Å²) in [4.78, 5) is 24.4. The van der Waals surface area contributed by atoms with Crippen molar-refractivity contribution in [2.24, 2.45) is 0 Å². The molecule has 1 aliphatic heterocycles. The minimum absolute atomic E-state index is 0.0636. The predicted molar refractivity (Wildman–Crippen MR) is 161 cm³/mol. The van der Waals surface area contributed by atoms with Crippen molar-refractivity contribution in [1.82, 2.24) is 19.3 Å². The van der Waals surface area contributed by atoms with Crippen molar-refractivity contribution in [3.8, 4) is 28.3 Å². The summed E-state index contributed by atoms with van der Waals surface area (Å²) >= 11 is 1.12. The third-order valence-corrected chi connectivity index (χ3v) is 11.7. The van der Waals surface area contributed by atoms with Gasteiger partial charge in [-0.25, -0.2) is 26.8 Å². The molecular formula is C27H28N6O7S3. The lowest BCUT2D eigenvalue weighted by Gasteiger charge is -2.30. The molecule has 3 heterocycles. The number of aromatic nitrogens is 3. The molecule has 0 atom stereocenters. The quantitative estimate of drug-likeness (QED) is 0.166. The van der Waals surface area contributed by atoms with E-state index >= 15 is 0 Å². The highest BCUT2D eigenvalue weighted by Gasteiger charge is 2.35. The van der Waals surface area contributed by atoms with Crippen LogP contribution in [0.2, 0.25) is 0 Å². The number of benzene rings is 2. The fraction of sp³-hybridized carbons (Fsp3) is 0.296. The first-order valence-electron chi connectivity index (χ1n) is 13.1. The number of hydrogen-bond acceptors (Lipinski definition) is 12. The van der Waals surface area contributed by atoms with Crippen LogP contribution in [0.15, 0.2) is 57.9 Å². The van der Waals surface area contributed by atoms with E-state index in [1.54, 1.807) is 44.2 Å². The Hall–Kier alpha value is -3.99. The van der Waals surface area contributed by atoms with Gasteiger partial charge in [-0.05, 0) is 56.0 Å². The summed E-state index contributed by atoms with van der Waals surface area (Å²) < 4.78 is 57.8. The normalized spacial score (nSPS) is 15.0. The standard InChI is InChI=1S/C27H28N6O7S3/c1-16-27(41-17(2)31-16)43(38,39)32-13-11-19(12-14-32)40-26-25(33(34)35)24(29-15-30-26)23-21(5-4-6-22(23)28)18-7-9-20(10-8-18)42(3,36)37/h4-10,15,19H,11-14,28H2,1-3H3. The Morgan fingerprint density at radius 3 is 2.30 bits per heavy atom. The number of ether oxygens (including phenoxy) is 1. The molecule has 2 N–H and O–H groups in total. The van der Waals surface area contributed by atoms with E-state index in [4.69, 9.17) is 10.5 Å². The lowest BCUT2D eigenvalue weighted by Crippen LogP contribution is -2.41. The molecule has 16 heteroatoms. The Bertz CT molecular complexity index is 1920. The zero-order valence-electron chi connectivity index (χ0n) is 23.4. The van der Waals surface area contributed by atoms with Crippen molar-refractivity contribution >= 4 is 42.6 Å². The number of thiazole rings is 1. The van der Waals surface area contributed by atoms with E-state index in [0.29, 0.717) is 21.8 Å². The molecule has 226 valence electrons. The zero-order chi connectivity index (χ0) is 31.1. The van der Waals surface area contributed by atoms with E-state index in [1.165, 1.54) is 16.4 Å². The molecule has 0 bridgehead atoms. The zero-order valence-corrected chi connectivity index (χ0v) is 25.9. The number of nitrogens with two attached hydrogens (primary N) is 1. The molecule has 4 aromatic rings. The number of nitrogen functional groups attached to an aromatic ring is 1. The number of rotatable bonds is 8. The number of aryl methyl sites for hydroxylation is 2. The van der Waals surface area contributed by atoms with Gasteiger partial charge in [0, 0.05) is 30.6 Å². The Labute approximate surface area is 252 Å². The molecule has 1 aliphatic rings. The molecule has 0 amide bonds. The molecule has 2 aromatic heterocycles. The number of nitro groups is 1. The molecule has 43 heavy (non-hydrogen) atoms. The van der Waals surface area contributed by atoms with Gasteiger partial charge in [-0.15, -0.1) is 11.3 Å². The number of anilines is 1. The van der Waals surface area contributed by atoms with E-state index in [0.717, 1.165) is 23.9 Å². The van der Waals surface area contributed by atoms with E-state index in [9.17, 15) is 26.9 Å². The van der Waals surface area contributed by atoms with Crippen LogP contribution < -0.4 is 10.5 Å². The van der Waals surface area contributed by atoms with Gasteiger partial charge >= 0.3 is 5.69 Å². The second-order valence-electron chi connectivity index (χ2n) is 10.0. The average Bonchev–Trinajstić information content (AvgIpc) is 3.31. The van der Waals surface area contributed by atoms with Gasteiger partial charge in [0.2, 0.25) is 0 Å². The smallest absolute Gasteiger partial charge is 0.357 e. The maximum Gasteiger partial charge on any atom is 0.357 e. The van der Waals surface area contributed by atoms with Crippen LogP contribution in [0, 0.1) is 24.0 Å². The van der Waals surface area contributed by atoms with Crippen molar-refractivity contribution < 1.29 is 26.5 Å². The SMILES string of the molecule is Cc1nc(C)c(S(=O)(=O)N2CCC(Oc3ncnc(-c4c(N)cccc4-c4ccc(S(C)(=O)=O)cc4)c3[N+](=O)[O-])CC2)s1. The Morgan fingerprint density at radius 2 is 1.72 bits per heavy atom. The van der Waals surface area contributed by atoms with Gasteiger partial charge in [0.25, 0.3) is 15.9 Å². The molecule has 5 rings (SSSR count). The van der Waals surface area contributed by atoms with Crippen molar-refractivity contribution in [1.29, 1.82) is 0 Å². The number of piperidine rings is 1. The fourth-order valence-corrected chi connectivity index (χ4v) is 8.69. The van der Waals surface area contributed by atoms with Crippen LogP contribution in [0.25, 0.3) is 22.4 Å². The van der Waals surface area contributed by atoms with Gasteiger partial charge in [-0.3, -0.25) is 10.1 Å². The molecule has 1 saturated heterocycles. The number of sulfone groups is 1. The highest BCUT2D eigenvalue weighted by atomic mass is 32.2. The minimum Gasteiger partial charge on any atom is -0.469 e. The van der Waals surface area contributed by atoms with Crippen LogP contribution in [0.5, 0.6) is 5.88 Å². The number of hydrogen-bond donors (Lipinski definition) is 1. The van der Waals surface area contributed by atoms with E-state index in [-0.39, 0.29) is 57.9 Å². The van der Waals surface area contributed by atoms with Crippen molar-refractivity contribution in [3.63, 3.8) is 0 Å². The molecule has 0 saturated carbocycles. The molecular weight excluding hydrogens is 617 g/mol. The van der Waals surface area contributed by atoms with E-state index < -0.39 is 36.6 Å². The number of sulfonamides is 1. The van der Waals surface area contributed by atoms with Gasteiger partial charge in [-0.2, -0.15) is 9.29 Å². The van der Waals surface area contributed by atoms with Gasteiger partial charge in [0.1, 0.15) is 12.4 Å². The molecule has 0 unspecified atom stereocenters. The van der Waals surface area contributed by atoms with Gasteiger partial charge in [0.15, 0.2) is 19.7 Å². The minimum atomic E-state index is -3.73.